The number of fused-ring (bicyclic) bond motifs is 4. The number of nitrogens with zero attached hydrogens (tertiary/aromatic N) is 2. The van der Waals surface area contributed by atoms with Gasteiger partial charge in [-0.2, -0.15) is 0 Å². The second-order valence-electron chi connectivity index (χ2n) is 16.2. The number of aliphatic hydroxyl groups is 1. The van der Waals surface area contributed by atoms with Gasteiger partial charge in [0.2, 0.25) is 0 Å². The van der Waals surface area contributed by atoms with Gasteiger partial charge in [-0.15, -0.1) is 0 Å². The van der Waals surface area contributed by atoms with E-state index in [2.05, 4.69) is 12.1 Å². The Labute approximate surface area is 308 Å². The summed E-state index contributed by atoms with van der Waals surface area (Å²) in [5, 5.41) is 11.3. The smallest absolute Gasteiger partial charge is 0.410 e. The molecule has 0 aliphatic carbocycles. The maximum absolute atomic E-state index is 14.7. The summed E-state index contributed by atoms with van der Waals surface area (Å²) in [6.45, 7) is 12.6. The lowest BCUT2D eigenvalue weighted by molar-refractivity contribution is -0.228. The number of esters is 1. The zero-order chi connectivity index (χ0) is 38.3. The molecule has 12 nitrogen and oxygen atoms in total. The SMILES string of the molecule is CCC1OC(=O)[C@H](C)C(=O)[C@H](C)[C@@]2(O[C@@H]3OC2C[C@H](N(C)C)[C@H]3O)[C@](C)(OC)C[C@@H](C)C(=O)[C@H](C)[C@H]2N(CCCCc3ccccc3)C(=O)O[C@]12C. The lowest BCUT2D eigenvalue weighted by Crippen LogP contribution is -2.66. The number of hydrogen-bond acceptors (Lipinski definition) is 11. The number of likely N-dealkylation sites (N-methyl/N-ethyl adjacent to an activating group) is 1. The molecule has 4 fully saturated rings. The van der Waals surface area contributed by atoms with Crippen LogP contribution >= 0.6 is 0 Å². The number of benzene rings is 1. The number of methoxy groups -OCH3 is 1. The molecule has 2 unspecified atom stereocenters. The van der Waals surface area contributed by atoms with Crippen molar-refractivity contribution in [3.63, 3.8) is 0 Å². The fourth-order valence-corrected chi connectivity index (χ4v) is 9.78. The highest BCUT2D eigenvalue weighted by molar-refractivity contribution is 6.00. The molecule has 290 valence electrons. The largest absolute Gasteiger partial charge is 0.458 e. The molecule has 13 atom stereocenters. The lowest BCUT2D eigenvalue weighted by Gasteiger charge is -2.51. The summed E-state index contributed by atoms with van der Waals surface area (Å²) in [7, 11) is 5.26. The third kappa shape index (κ3) is 6.83. The zero-order valence-corrected chi connectivity index (χ0v) is 32.6. The molecule has 12 heteroatoms. The number of rotatable bonds is 8. The van der Waals surface area contributed by atoms with Crippen molar-refractivity contribution in [2.24, 2.45) is 23.7 Å². The van der Waals surface area contributed by atoms with Gasteiger partial charge in [0, 0.05) is 31.5 Å². The van der Waals surface area contributed by atoms with Crippen molar-refractivity contribution in [1.29, 1.82) is 0 Å². The maximum Gasteiger partial charge on any atom is 0.410 e. The van der Waals surface area contributed by atoms with Crippen LogP contribution in [0.5, 0.6) is 0 Å². The first-order valence-electron chi connectivity index (χ1n) is 19.0. The summed E-state index contributed by atoms with van der Waals surface area (Å²) in [6.07, 6.45) is -1.15. The third-order valence-electron chi connectivity index (χ3n) is 12.8. The number of ether oxygens (including phenoxy) is 5. The molecule has 52 heavy (non-hydrogen) atoms. The van der Waals surface area contributed by atoms with Crippen molar-refractivity contribution < 1.29 is 48.0 Å². The minimum absolute atomic E-state index is 0.124. The van der Waals surface area contributed by atoms with Gasteiger partial charge in [0.15, 0.2) is 17.7 Å². The quantitative estimate of drug-likeness (QED) is 0.229. The van der Waals surface area contributed by atoms with Crippen LogP contribution in [0.2, 0.25) is 0 Å². The monoisotopic (exact) mass is 728 g/mol. The molecule has 0 aromatic heterocycles. The van der Waals surface area contributed by atoms with Crippen molar-refractivity contribution in [3.05, 3.63) is 35.9 Å². The number of carbonyl (C=O) groups is 4. The molecule has 1 spiro atoms. The number of unbranched alkanes of at least 4 members (excludes halogenated alkanes) is 1. The van der Waals surface area contributed by atoms with Gasteiger partial charge in [-0.1, -0.05) is 58.0 Å². The van der Waals surface area contributed by atoms with Gasteiger partial charge < -0.3 is 38.6 Å². The summed E-state index contributed by atoms with van der Waals surface area (Å²) < 4.78 is 31.6. The van der Waals surface area contributed by atoms with Crippen molar-refractivity contribution in [2.45, 2.75) is 140 Å². The Morgan fingerprint density at radius 1 is 1.00 bits per heavy atom. The molecule has 5 rings (SSSR count). The van der Waals surface area contributed by atoms with Crippen LogP contribution in [0.15, 0.2) is 30.3 Å². The van der Waals surface area contributed by atoms with Crippen LogP contribution in [-0.2, 0) is 44.5 Å². The van der Waals surface area contributed by atoms with E-state index < -0.39 is 89.0 Å². The molecule has 4 aliphatic rings. The highest BCUT2D eigenvalue weighted by Crippen LogP contribution is 2.54. The van der Waals surface area contributed by atoms with Crippen molar-refractivity contribution in [3.8, 4) is 0 Å². The molecule has 1 aromatic carbocycles. The second-order valence-corrected chi connectivity index (χ2v) is 16.2. The number of aliphatic hydroxyl groups excluding tert-OH is 1. The summed E-state index contributed by atoms with van der Waals surface area (Å²) in [5.41, 5.74) is -2.92. The number of amides is 1. The fraction of sp³-hybridized carbons (Fsp3) is 0.750. The van der Waals surface area contributed by atoms with E-state index in [-0.39, 0.29) is 24.7 Å². The third-order valence-corrected chi connectivity index (χ3v) is 12.8. The van der Waals surface area contributed by atoms with Crippen molar-refractivity contribution in [1.82, 2.24) is 9.80 Å². The first-order valence-corrected chi connectivity index (χ1v) is 19.0. The van der Waals surface area contributed by atoms with Crippen LogP contribution in [0.25, 0.3) is 0 Å². The van der Waals surface area contributed by atoms with Crippen LogP contribution in [0.4, 0.5) is 4.79 Å². The number of cyclic esters (lactones) is 1. The number of carbonyl (C=O) groups excluding carboxylic acids is 4. The van der Waals surface area contributed by atoms with E-state index in [1.54, 1.807) is 18.7 Å². The molecular formula is C40H60N2O10. The summed E-state index contributed by atoms with van der Waals surface area (Å²) in [4.78, 5) is 60.5. The van der Waals surface area contributed by atoms with E-state index in [9.17, 15) is 24.3 Å². The minimum atomic E-state index is -1.47. The Bertz CT molecular complexity index is 1470. The van der Waals surface area contributed by atoms with Gasteiger partial charge in [0.25, 0.3) is 0 Å². The maximum atomic E-state index is 14.7. The summed E-state index contributed by atoms with van der Waals surface area (Å²) in [6, 6.07) is 9.05. The van der Waals surface area contributed by atoms with E-state index in [0.717, 1.165) is 12.8 Å². The molecule has 2 bridgehead atoms. The molecule has 1 amide bonds. The van der Waals surface area contributed by atoms with E-state index >= 15 is 0 Å². The predicted molar refractivity (Wildman–Crippen MR) is 192 cm³/mol. The van der Waals surface area contributed by atoms with Crippen LogP contribution in [0, 0.1) is 23.7 Å². The number of aryl methyl sites for hydroxylation is 1. The lowest BCUT2D eigenvalue weighted by atomic mass is 9.64. The van der Waals surface area contributed by atoms with Crippen LogP contribution in [-0.4, -0.2) is 120 Å². The Balaban J connectivity index is 1.54. The van der Waals surface area contributed by atoms with Gasteiger partial charge in [0.1, 0.15) is 29.5 Å². The average molecular weight is 729 g/mol. The fourth-order valence-electron chi connectivity index (χ4n) is 9.78. The minimum Gasteiger partial charge on any atom is -0.458 e. The zero-order valence-electron chi connectivity index (χ0n) is 32.6. The predicted octanol–water partition coefficient (Wildman–Crippen LogP) is 4.58. The van der Waals surface area contributed by atoms with Crippen LogP contribution in [0.3, 0.4) is 0 Å². The van der Waals surface area contributed by atoms with Crippen molar-refractivity contribution >= 4 is 23.6 Å². The number of Topliss-reactive ketones (excluding diaryl/α,β-unsaturated/α-hetero) is 2. The Morgan fingerprint density at radius 3 is 2.29 bits per heavy atom. The summed E-state index contributed by atoms with van der Waals surface area (Å²) in [5.74, 6) is -4.85. The van der Waals surface area contributed by atoms with E-state index in [0.29, 0.717) is 19.4 Å². The molecule has 4 aliphatic heterocycles. The molecular weight excluding hydrogens is 668 g/mol. The van der Waals surface area contributed by atoms with E-state index in [1.165, 1.54) is 19.6 Å². The average Bonchev–Trinajstić information content (AvgIpc) is 3.60. The van der Waals surface area contributed by atoms with Crippen LogP contribution in [0.1, 0.15) is 86.1 Å². The number of ketones is 2. The second kappa shape index (κ2) is 15.5. The highest BCUT2D eigenvalue weighted by atomic mass is 16.8. The Hall–Kier alpha value is -2.90. The number of hydrogen-bond donors (Lipinski definition) is 1. The molecule has 1 aromatic rings. The molecule has 4 heterocycles. The highest BCUT2D eigenvalue weighted by Gasteiger charge is 2.70. The van der Waals surface area contributed by atoms with E-state index in [4.69, 9.17) is 23.7 Å². The van der Waals surface area contributed by atoms with Gasteiger partial charge in [-0.3, -0.25) is 14.4 Å². The molecule has 0 saturated carbocycles. The standard InChI is InChI=1S/C40H60N2O10/c1-11-29-39(7)34(42(37(47)52-39)20-16-15-19-27-17-13-12-14-18-27)24(3)31(43)23(2)22-38(6,48-10)40(26(5)32(44)25(4)35(46)49-29)30-21-28(41(8)9)33(45)36(50-30)51-40/h12-14,17-18,23-26,28-30,33-34,36,45H,11,15-16,19-22H2,1-10H3/t23-,24+,25-,26+,28+,29?,30?,33-,34-,36+,38-,39-,40+/m1/s1. The normalized spacial score (nSPS) is 41.6. The molecule has 4 saturated heterocycles. The first kappa shape index (κ1) is 40.3. The Morgan fingerprint density at radius 2 is 1.67 bits per heavy atom. The van der Waals surface area contributed by atoms with Crippen LogP contribution < -0.4 is 0 Å². The van der Waals surface area contributed by atoms with Crippen molar-refractivity contribution in [2.75, 3.05) is 27.7 Å². The molecule has 0 radical (unpaired) electrons. The summed E-state index contributed by atoms with van der Waals surface area (Å²) >= 11 is 0. The Kier molecular flexibility index (Phi) is 12.0. The topological polar surface area (TPSA) is 141 Å². The molecule has 1 N–H and O–H groups in total. The van der Waals surface area contributed by atoms with Gasteiger partial charge >= 0.3 is 12.1 Å². The first-order chi connectivity index (χ1) is 24.5. The van der Waals surface area contributed by atoms with Gasteiger partial charge in [-0.25, -0.2) is 4.79 Å². The van der Waals surface area contributed by atoms with Gasteiger partial charge in [-0.05, 0) is 79.0 Å². The van der Waals surface area contributed by atoms with E-state index in [1.807, 2.05) is 64.9 Å². The van der Waals surface area contributed by atoms with Gasteiger partial charge in [0.05, 0.1) is 23.7 Å².